The number of hydrogen-bond donors (Lipinski definition) is 13. The average molecular weight is 721 g/mol. The molecule has 0 saturated carbocycles. The maximum absolute atomic E-state index is 11.6. The van der Waals surface area contributed by atoms with Gasteiger partial charge in [0.05, 0.1) is 26.4 Å². The van der Waals surface area contributed by atoms with E-state index in [4.69, 9.17) is 49.0 Å². The molecule has 0 aromatic carbocycles. The number of phosphoric ester groups is 2. The average Bonchev–Trinajstić information content (AvgIpc) is 2.95. The minimum absolute atomic E-state index is 0.671. The Balaban J connectivity index is 1.76. The van der Waals surface area contributed by atoms with Crippen LogP contribution >= 0.6 is 15.6 Å². The van der Waals surface area contributed by atoms with Gasteiger partial charge in [0.1, 0.15) is 73.2 Å². The number of nitrogens with two attached hydrogens (primary N) is 1. The van der Waals surface area contributed by atoms with Crippen LogP contribution in [-0.4, -0.2) is 185 Å². The number of ether oxygens (including phenoxy) is 6. The lowest BCUT2D eigenvalue weighted by molar-refractivity contribution is -0.373. The monoisotopic (exact) mass is 721 g/mol. The third-order valence-corrected chi connectivity index (χ3v) is 7.93. The second-order valence-corrected chi connectivity index (χ2v) is 12.7. The molecule has 0 radical (unpaired) electrons. The number of aliphatic carboxylic acids is 1. The predicted octanol–water partition coefficient (Wildman–Crippen LogP) is -7.26. The molecule has 3 rings (SSSR count). The van der Waals surface area contributed by atoms with Crippen LogP contribution < -0.4 is 5.73 Å². The van der Waals surface area contributed by atoms with E-state index < -0.39 is 140 Å². The van der Waals surface area contributed by atoms with Gasteiger partial charge in [-0.2, -0.15) is 0 Å². The molecule has 15 atom stereocenters. The van der Waals surface area contributed by atoms with Gasteiger partial charge in [0, 0.05) is 0 Å². The van der Waals surface area contributed by atoms with Gasteiger partial charge in [-0.25, -0.2) is 9.13 Å². The van der Waals surface area contributed by atoms with Crippen molar-refractivity contribution in [3.8, 4) is 0 Å². The summed E-state index contributed by atoms with van der Waals surface area (Å²) in [6, 6.07) is -1.60. The fraction of sp³-hybridized carbons (Fsp3) is 0.950. The third-order valence-electron chi connectivity index (χ3n) is 6.92. The number of aliphatic hydroxyl groups is 7. The smallest absolute Gasteiger partial charge is 0.470 e. The number of phosphoric acid groups is 2. The number of carboxylic acids is 1. The fourth-order valence-electron chi connectivity index (χ4n) is 4.55. The molecule has 3 saturated heterocycles. The van der Waals surface area contributed by atoms with Crippen molar-refractivity contribution in [3.05, 3.63) is 0 Å². The van der Waals surface area contributed by atoms with E-state index in [0.29, 0.717) is 0 Å². The zero-order chi connectivity index (χ0) is 34.7. The molecule has 0 spiro atoms. The molecule has 3 fully saturated rings. The van der Waals surface area contributed by atoms with Gasteiger partial charge in [-0.1, -0.05) is 0 Å². The lowest BCUT2D eigenvalue weighted by Crippen LogP contribution is -2.66. The molecule has 0 aromatic rings. The first-order valence-electron chi connectivity index (χ1n) is 13.2. The van der Waals surface area contributed by atoms with Gasteiger partial charge in [0.2, 0.25) is 0 Å². The SMILES string of the molecule is N[C@@H](CO[C@@H]1OC[C@@H](O[C@@H]2O[C@H](CO)[C@H](O)[C@H](O[C@@H]3O[C@H](COP(=O)(O)O)[C@H](O)[C@H](O)[C@H]3O)[C@H]2O)[C@H](O)[C@H]1OP(=O)(O)O)C(=O)O. The Kier molecular flexibility index (Phi) is 14.0. The van der Waals surface area contributed by atoms with Crippen molar-refractivity contribution in [2.45, 2.75) is 92.1 Å². The Bertz CT molecular complexity index is 1090. The van der Waals surface area contributed by atoms with Gasteiger partial charge in [-0.3, -0.25) is 13.8 Å². The molecule has 270 valence electrons. The molecule has 0 bridgehead atoms. The summed E-state index contributed by atoms with van der Waals surface area (Å²) in [6.07, 6.45) is -26.9. The minimum Gasteiger partial charge on any atom is -0.480 e. The quantitative estimate of drug-likeness (QED) is 0.0741. The molecule has 24 nitrogen and oxygen atoms in total. The summed E-state index contributed by atoms with van der Waals surface area (Å²) in [5, 5.41) is 81.9. The molecule has 0 unspecified atom stereocenters. The van der Waals surface area contributed by atoms with Crippen molar-refractivity contribution < 1.29 is 112 Å². The largest absolute Gasteiger partial charge is 0.480 e. The van der Waals surface area contributed by atoms with Gasteiger partial charge in [-0.15, -0.1) is 0 Å². The summed E-state index contributed by atoms with van der Waals surface area (Å²) >= 11 is 0. The maximum atomic E-state index is 11.6. The van der Waals surface area contributed by atoms with Crippen LogP contribution in [-0.2, 0) is 51.4 Å². The van der Waals surface area contributed by atoms with Crippen LogP contribution in [0.15, 0.2) is 0 Å². The highest BCUT2D eigenvalue weighted by atomic mass is 31.2. The normalized spacial score (nSPS) is 41.7. The van der Waals surface area contributed by atoms with Gasteiger partial charge >= 0.3 is 21.6 Å². The molecule has 46 heavy (non-hydrogen) atoms. The van der Waals surface area contributed by atoms with E-state index in [1.165, 1.54) is 0 Å². The third kappa shape index (κ3) is 10.3. The second-order valence-electron chi connectivity index (χ2n) is 10.3. The van der Waals surface area contributed by atoms with Crippen LogP contribution in [0.4, 0.5) is 0 Å². The molecule has 14 N–H and O–H groups in total. The first-order valence-corrected chi connectivity index (χ1v) is 16.3. The molecule has 3 heterocycles. The predicted molar refractivity (Wildman–Crippen MR) is 136 cm³/mol. The van der Waals surface area contributed by atoms with E-state index in [2.05, 4.69) is 9.05 Å². The number of carbonyl (C=O) groups is 1. The van der Waals surface area contributed by atoms with E-state index in [9.17, 15) is 59.5 Å². The van der Waals surface area contributed by atoms with Crippen LogP contribution in [0.25, 0.3) is 0 Å². The Hall–Kier alpha value is -0.870. The lowest BCUT2D eigenvalue weighted by atomic mass is 9.96. The maximum Gasteiger partial charge on any atom is 0.470 e. The van der Waals surface area contributed by atoms with Crippen molar-refractivity contribution >= 4 is 21.6 Å². The highest BCUT2D eigenvalue weighted by Gasteiger charge is 2.53. The molecular formula is C20H37NO23P2. The van der Waals surface area contributed by atoms with Crippen LogP contribution in [0.3, 0.4) is 0 Å². The Labute approximate surface area is 258 Å². The zero-order valence-corrected chi connectivity index (χ0v) is 25.1. The summed E-state index contributed by atoms with van der Waals surface area (Å²) in [6.45, 7) is -3.38. The fourth-order valence-corrected chi connectivity index (χ4v) is 5.43. The zero-order valence-electron chi connectivity index (χ0n) is 23.3. The summed E-state index contributed by atoms with van der Waals surface area (Å²) in [4.78, 5) is 47.5. The molecule has 3 aliphatic heterocycles. The first-order chi connectivity index (χ1) is 21.2. The van der Waals surface area contributed by atoms with Gasteiger partial charge in [0.25, 0.3) is 0 Å². The summed E-state index contributed by atoms with van der Waals surface area (Å²) < 4.78 is 63.4. The van der Waals surface area contributed by atoms with E-state index in [1.54, 1.807) is 0 Å². The van der Waals surface area contributed by atoms with Crippen molar-refractivity contribution in [1.29, 1.82) is 0 Å². The minimum atomic E-state index is -5.36. The number of rotatable bonds is 14. The van der Waals surface area contributed by atoms with Crippen molar-refractivity contribution in [2.75, 3.05) is 26.4 Å². The van der Waals surface area contributed by atoms with E-state index >= 15 is 0 Å². The Morgan fingerprint density at radius 1 is 0.783 bits per heavy atom. The van der Waals surface area contributed by atoms with Crippen LogP contribution in [0.5, 0.6) is 0 Å². The number of aliphatic hydroxyl groups excluding tert-OH is 7. The highest BCUT2D eigenvalue weighted by Crippen LogP contribution is 2.42. The van der Waals surface area contributed by atoms with Crippen molar-refractivity contribution in [3.63, 3.8) is 0 Å². The molecular weight excluding hydrogens is 684 g/mol. The summed E-state index contributed by atoms with van der Waals surface area (Å²) in [5.41, 5.74) is 5.34. The van der Waals surface area contributed by atoms with E-state index in [1.807, 2.05) is 0 Å². The Morgan fingerprint density at radius 3 is 1.96 bits per heavy atom. The van der Waals surface area contributed by atoms with E-state index in [-0.39, 0.29) is 0 Å². The standard InChI is InChI=1S/C20H37NO23P2/c21-5(17(29)30)2-37-20-16(44-46(34,35)36)11(25)7(3-38-20)41-19-14(28)15(10(24)6(1-22)40-19)43-18-13(27)12(26)9(23)8(42-18)4-39-45(31,32)33/h5-16,18-20,22-28H,1-4,21H2,(H,29,30)(H2,31,32,33)(H2,34,35,36)/t5-,6+,7+,8+,9-,10-,11-,12-,13+,14+,15-,16+,18-,19-,20+/m0/s1. The highest BCUT2D eigenvalue weighted by molar-refractivity contribution is 7.46. The van der Waals surface area contributed by atoms with Crippen LogP contribution in [0.1, 0.15) is 0 Å². The molecule has 0 aliphatic carbocycles. The summed E-state index contributed by atoms with van der Waals surface area (Å²) in [5.74, 6) is -1.49. The van der Waals surface area contributed by atoms with Crippen LogP contribution in [0, 0.1) is 0 Å². The Morgan fingerprint density at radius 2 is 1.39 bits per heavy atom. The van der Waals surface area contributed by atoms with Gasteiger partial charge in [-0.05, 0) is 0 Å². The second kappa shape index (κ2) is 16.2. The van der Waals surface area contributed by atoms with Crippen LogP contribution in [0.2, 0.25) is 0 Å². The number of carboxylic acid groups (broad SMARTS) is 1. The molecule has 0 amide bonds. The van der Waals surface area contributed by atoms with Crippen molar-refractivity contribution in [1.82, 2.24) is 0 Å². The molecule has 3 aliphatic rings. The topological polar surface area (TPSA) is 394 Å². The number of hydrogen-bond acceptors (Lipinski definition) is 19. The molecule has 26 heteroatoms. The lowest BCUT2D eigenvalue weighted by Gasteiger charge is -2.47. The van der Waals surface area contributed by atoms with Crippen molar-refractivity contribution in [2.24, 2.45) is 5.73 Å². The first kappa shape index (κ1) is 39.6. The van der Waals surface area contributed by atoms with E-state index in [0.717, 1.165) is 0 Å². The van der Waals surface area contributed by atoms with Gasteiger partial charge < -0.3 is 94.6 Å². The molecule has 0 aromatic heterocycles. The van der Waals surface area contributed by atoms with Gasteiger partial charge in [0.15, 0.2) is 18.9 Å². The summed E-state index contributed by atoms with van der Waals surface area (Å²) in [7, 11) is -10.4.